The summed E-state index contributed by atoms with van der Waals surface area (Å²) in [6, 6.07) is 4.18. The number of carboxylic acids is 1. The first-order valence-electron chi connectivity index (χ1n) is 7.82. The first-order valence-corrected chi connectivity index (χ1v) is 7.82. The van der Waals surface area contributed by atoms with Crippen molar-refractivity contribution in [2.75, 3.05) is 13.1 Å². The van der Waals surface area contributed by atoms with E-state index in [4.69, 9.17) is 0 Å². The highest BCUT2D eigenvalue weighted by Gasteiger charge is 2.32. The maximum atomic E-state index is 13.3. The second-order valence-electron chi connectivity index (χ2n) is 6.46. The Labute approximate surface area is 135 Å². The van der Waals surface area contributed by atoms with Crippen LogP contribution < -0.4 is 5.32 Å². The highest BCUT2D eigenvalue weighted by Crippen LogP contribution is 2.23. The number of likely N-dealkylation sites (tertiary alicyclic amines) is 1. The van der Waals surface area contributed by atoms with E-state index in [1.165, 1.54) is 6.07 Å². The molecule has 0 radical (unpaired) electrons. The largest absolute Gasteiger partial charge is 0.481 e. The number of rotatable bonds is 3. The van der Waals surface area contributed by atoms with Crippen molar-refractivity contribution < 1.29 is 19.1 Å². The fourth-order valence-electron chi connectivity index (χ4n) is 2.99. The summed E-state index contributed by atoms with van der Waals surface area (Å²) in [5.74, 6) is -1.51. The van der Waals surface area contributed by atoms with Gasteiger partial charge in [0, 0.05) is 13.1 Å². The van der Waals surface area contributed by atoms with E-state index >= 15 is 0 Å². The van der Waals surface area contributed by atoms with Crippen molar-refractivity contribution in [2.24, 2.45) is 11.8 Å². The van der Waals surface area contributed by atoms with E-state index in [2.05, 4.69) is 5.32 Å². The van der Waals surface area contributed by atoms with Crippen LogP contribution in [0.15, 0.2) is 18.2 Å². The summed E-state index contributed by atoms with van der Waals surface area (Å²) in [6.07, 6.45) is 0.589. The van der Waals surface area contributed by atoms with Crippen LogP contribution in [0.5, 0.6) is 0 Å². The number of carboxylic acid groups (broad SMARTS) is 1. The van der Waals surface area contributed by atoms with E-state index in [-0.39, 0.29) is 30.4 Å². The third-order valence-corrected chi connectivity index (χ3v) is 4.32. The van der Waals surface area contributed by atoms with E-state index in [0.717, 1.165) is 5.56 Å². The molecule has 0 spiro atoms. The monoisotopic (exact) mass is 322 g/mol. The van der Waals surface area contributed by atoms with Crippen molar-refractivity contribution in [3.63, 3.8) is 0 Å². The molecule has 1 saturated heterocycles. The maximum absolute atomic E-state index is 13.3. The number of hydrogen-bond acceptors (Lipinski definition) is 2. The average Bonchev–Trinajstić information content (AvgIpc) is 2.49. The number of hydrogen-bond donors (Lipinski definition) is 2. The summed E-state index contributed by atoms with van der Waals surface area (Å²) in [5.41, 5.74) is 1.35. The highest BCUT2D eigenvalue weighted by atomic mass is 19.1. The van der Waals surface area contributed by atoms with Gasteiger partial charge in [-0.15, -0.1) is 0 Å². The third-order valence-electron chi connectivity index (χ3n) is 4.32. The Morgan fingerprint density at radius 2 is 2.09 bits per heavy atom. The lowest BCUT2D eigenvalue weighted by molar-refractivity contribution is -0.143. The normalized spacial score (nSPS) is 22.5. The van der Waals surface area contributed by atoms with E-state index in [1.54, 1.807) is 24.0 Å². The SMILES string of the molecule is Cc1cc(C(C)NC(=O)N2CC(C)CC(C(=O)O)C2)ccc1F. The minimum Gasteiger partial charge on any atom is -0.481 e. The van der Waals surface area contributed by atoms with Gasteiger partial charge in [-0.25, -0.2) is 9.18 Å². The lowest BCUT2D eigenvalue weighted by Gasteiger charge is -2.35. The van der Waals surface area contributed by atoms with Gasteiger partial charge in [-0.1, -0.05) is 19.1 Å². The smallest absolute Gasteiger partial charge is 0.317 e. The molecule has 23 heavy (non-hydrogen) atoms. The molecule has 1 aliphatic heterocycles. The van der Waals surface area contributed by atoms with E-state index in [1.807, 2.05) is 13.8 Å². The number of carbonyl (C=O) groups excluding carboxylic acids is 1. The van der Waals surface area contributed by atoms with E-state index < -0.39 is 11.9 Å². The molecule has 5 nitrogen and oxygen atoms in total. The first-order chi connectivity index (χ1) is 10.8. The van der Waals surface area contributed by atoms with Crippen molar-refractivity contribution in [3.8, 4) is 0 Å². The van der Waals surface area contributed by atoms with Crippen LogP contribution in [0.25, 0.3) is 0 Å². The Morgan fingerprint density at radius 1 is 1.39 bits per heavy atom. The first kappa shape index (κ1) is 17.2. The molecule has 2 rings (SSSR count). The minimum atomic E-state index is -0.864. The molecular formula is C17H23FN2O3. The summed E-state index contributed by atoms with van der Waals surface area (Å²) in [7, 11) is 0. The lowest BCUT2D eigenvalue weighted by atomic mass is 9.91. The number of piperidine rings is 1. The molecule has 1 aromatic carbocycles. The number of carbonyl (C=O) groups is 2. The molecule has 0 aliphatic carbocycles. The molecule has 0 aromatic heterocycles. The number of aliphatic carboxylic acids is 1. The van der Waals surface area contributed by atoms with Crippen LogP contribution in [0.1, 0.15) is 37.4 Å². The van der Waals surface area contributed by atoms with E-state index in [0.29, 0.717) is 18.5 Å². The number of amides is 2. The number of aryl methyl sites for hydroxylation is 1. The quantitative estimate of drug-likeness (QED) is 0.899. The van der Waals surface area contributed by atoms with Crippen LogP contribution in [-0.2, 0) is 4.79 Å². The predicted molar refractivity (Wildman–Crippen MR) is 84.6 cm³/mol. The number of halogens is 1. The Balaban J connectivity index is 2.02. The molecule has 1 fully saturated rings. The van der Waals surface area contributed by atoms with Gasteiger partial charge in [0.15, 0.2) is 0 Å². The molecule has 1 heterocycles. The Bertz CT molecular complexity index is 606. The summed E-state index contributed by atoms with van der Waals surface area (Å²) >= 11 is 0. The Morgan fingerprint density at radius 3 is 2.70 bits per heavy atom. The number of nitrogens with one attached hydrogen (secondary N) is 1. The summed E-state index contributed by atoms with van der Waals surface area (Å²) < 4.78 is 13.3. The second-order valence-corrected chi connectivity index (χ2v) is 6.46. The second kappa shape index (κ2) is 6.98. The zero-order chi connectivity index (χ0) is 17.1. The van der Waals surface area contributed by atoms with Gasteiger partial charge in [-0.3, -0.25) is 4.79 Å². The van der Waals surface area contributed by atoms with Gasteiger partial charge in [0.05, 0.1) is 12.0 Å². The fourth-order valence-corrected chi connectivity index (χ4v) is 2.99. The Hall–Kier alpha value is -2.11. The van der Waals surface area contributed by atoms with Crippen molar-refractivity contribution >= 4 is 12.0 Å². The summed E-state index contributed by atoms with van der Waals surface area (Å²) in [5, 5.41) is 12.0. The van der Waals surface area contributed by atoms with Crippen LogP contribution in [0.3, 0.4) is 0 Å². The van der Waals surface area contributed by atoms with Gasteiger partial charge in [-0.2, -0.15) is 0 Å². The van der Waals surface area contributed by atoms with Crippen LogP contribution in [0.4, 0.5) is 9.18 Å². The molecule has 2 N–H and O–H groups in total. The molecule has 2 amide bonds. The fraction of sp³-hybridized carbons (Fsp3) is 0.529. The zero-order valence-corrected chi connectivity index (χ0v) is 13.7. The van der Waals surface area contributed by atoms with Crippen molar-refractivity contribution in [1.29, 1.82) is 0 Å². The maximum Gasteiger partial charge on any atom is 0.317 e. The number of urea groups is 1. The van der Waals surface area contributed by atoms with Gasteiger partial charge < -0.3 is 15.3 Å². The van der Waals surface area contributed by atoms with Gasteiger partial charge in [-0.05, 0) is 43.4 Å². The van der Waals surface area contributed by atoms with Crippen molar-refractivity contribution in [1.82, 2.24) is 10.2 Å². The molecule has 3 atom stereocenters. The van der Waals surface area contributed by atoms with Crippen LogP contribution in [0, 0.1) is 24.6 Å². The van der Waals surface area contributed by atoms with Gasteiger partial charge in [0.1, 0.15) is 5.82 Å². The molecule has 1 aliphatic rings. The number of nitrogens with zero attached hydrogens (tertiary/aromatic N) is 1. The van der Waals surface area contributed by atoms with Gasteiger partial charge in [0.25, 0.3) is 0 Å². The zero-order valence-electron chi connectivity index (χ0n) is 13.7. The van der Waals surface area contributed by atoms with Gasteiger partial charge >= 0.3 is 12.0 Å². The molecule has 3 unspecified atom stereocenters. The predicted octanol–water partition coefficient (Wildman–Crippen LogP) is 2.95. The molecule has 126 valence electrons. The van der Waals surface area contributed by atoms with Crippen LogP contribution in [-0.4, -0.2) is 35.1 Å². The highest BCUT2D eigenvalue weighted by molar-refractivity contribution is 5.77. The Kier molecular flexibility index (Phi) is 5.23. The third kappa shape index (κ3) is 4.21. The summed E-state index contributed by atoms with van der Waals surface area (Å²) in [6.45, 7) is 6.22. The molecule has 0 saturated carbocycles. The molecular weight excluding hydrogens is 299 g/mol. The van der Waals surface area contributed by atoms with Crippen LogP contribution in [0.2, 0.25) is 0 Å². The average molecular weight is 322 g/mol. The topological polar surface area (TPSA) is 69.6 Å². The van der Waals surface area contributed by atoms with Crippen molar-refractivity contribution in [3.05, 3.63) is 35.1 Å². The molecule has 1 aromatic rings. The minimum absolute atomic E-state index is 0.152. The van der Waals surface area contributed by atoms with Gasteiger partial charge in [0.2, 0.25) is 0 Å². The van der Waals surface area contributed by atoms with Crippen molar-refractivity contribution in [2.45, 2.75) is 33.2 Å². The standard InChI is InChI=1S/C17H23FN2O3/c1-10-6-14(16(21)22)9-20(8-10)17(23)19-12(3)13-4-5-15(18)11(2)7-13/h4-5,7,10,12,14H,6,8-9H2,1-3H3,(H,19,23)(H,21,22). The van der Waals surface area contributed by atoms with Crippen LogP contribution >= 0.6 is 0 Å². The molecule has 0 bridgehead atoms. The molecule has 6 heteroatoms. The lowest BCUT2D eigenvalue weighted by Crippen LogP contribution is -2.49. The number of benzene rings is 1. The summed E-state index contributed by atoms with van der Waals surface area (Å²) in [4.78, 5) is 25.1. The van der Waals surface area contributed by atoms with E-state index in [9.17, 15) is 19.1 Å².